The molecule has 0 bridgehead atoms. The Morgan fingerprint density at radius 1 is 1.28 bits per heavy atom. The van der Waals surface area contributed by atoms with Crippen molar-refractivity contribution in [2.24, 2.45) is 35.0 Å². The molecule has 0 saturated heterocycles. The summed E-state index contributed by atoms with van der Waals surface area (Å²) in [5.74, 6) is 3.55. The lowest BCUT2D eigenvalue weighted by Gasteiger charge is -2.51. The van der Waals surface area contributed by atoms with Crippen LogP contribution in [0.1, 0.15) is 85.0 Å². The van der Waals surface area contributed by atoms with Gasteiger partial charge in [-0.25, -0.2) is 0 Å². The number of allylic oxidation sites excluding steroid dienone is 2. The summed E-state index contributed by atoms with van der Waals surface area (Å²) in [6.45, 7) is 6.75. The Balaban J connectivity index is 1.66. The third-order valence-corrected chi connectivity index (χ3v) is 7.97. The van der Waals surface area contributed by atoms with Gasteiger partial charge in [0.1, 0.15) is 6.29 Å². The fraction of sp³-hybridized carbons (Fsp3) is 0.826. The van der Waals surface area contributed by atoms with Crippen molar-refractivity contribution in [3.63, 3.8) is 0 Å². The summed E-state index contributed by atoms with van der Waals surface area (Å²) >= 11 is 0. The van der Waals surface area contributed by atoms with Crippen LogP contribution in [0.2, 0.25) is 0 Å². The molecule has 3 saturated carbocycles. The number of hydrogen-bond donors (Lipinski definition) is 0. The Labute approximate surface area is 153 Å². The molecular weight excluding hydrogens is 308 g/mol. The van der Waals surface area contributed by atoms with Crippen molar-refractivity contribution in [1.29, 1.82) is 0 Å². The molecular formula is C23H36O2. The predicted octanol–water partition coefficient (Wildman–Crippen LogP) is 5.75. The van der Waals surface area contributed by atoms with E-state index >= 15 is 0 Å². The quantitative estimate of drug-likeness (QED) is 0.454. The maximum Gasteiger partial charge on any atom is 0.155 e. The molecule has 0 heterocycles. The van der Waals surface area contributed by atoms with Gasteiger partial charge in [0, 0.05) is 12.3 Å². The Morgan fingerprint density at radius 2 is 2.08 bits per heavy atom. The smallest absolute Gasteiger partial charge is 0.155 e. The molecule has 3 aliphatic carbocycles. The van der Waals surface area contributed by atoms with Crippen molar-refractivity contribution in [1.82, 2.24) is 0 Å². The molecule has 0 N–H and O–H groups in total. The van der Waals surface area contributed by atoms with E-state index in [1.165, 1.54) is 44.0 Å². The largest absolute Gasteiger partial charge is 0.303 e. The fourth-order valence-corrected chi connectivity index (χ4v) is 6.63. The Kier molecular flexibility index (Phi) is 5.85. The summed E-state index contributed by atoms with van der Waals surface area (Å²) in [4.78, 5) is 23.5. The van der Waals surface area contributed by atoms with E-state index in [-0.39, 0.29) is 5.92 Å². The first-order valence-electron chi connectivity index (χ1n) is 10.7. The van der Waals surface area contributed by atoms with Gasteiger partial charge in [-0.15, -0.1) is 0 Å². The van der Waals surface area contributed by atoms with Gasteiger partial charge in [-0.1, -0.05) is 32.8 Å². The first-order chi connectivity index (χ1) is 12.0. The second-order valence-corrected chi connectivity index (χ2v) is 9.37. The number of hydrogen-bond acceptors (Lipinski definition) is 2. The molecule has 0 aliphatic heterocycles. The van der Waals surface area contributed by atoms with Gasteiger partial charge in [0.15, 0.2) is 5.78 Å². The lowest BCUT2D eigenvalue weighted by molar-refractivity contribution is -0.115. The minimum Gasteiger partial charge on any atom is -0.303 e. The average Bonchev–Trinajstić information content (AvgIpc) is 2.96. The second kappa shape index (κ2) is 7.76. The van der Waals surface area contributed by atoms with Gasteiger partial charge in [-0.05, 0) is 86.5 Å². The molecule has 2 nitrogen and oxygen atoms in total. The van der Waals surface area contributed by atoms with Gasteiger partial charge in [0.05, 0.1) is 0 Å². The molecule has 2 heteroatoms. The monoisotopic (exact) mass is 344 g/mol. The SMILES string of the molecule is CCCCC(=O)/C=C1/CCC2C(CC[C@@]3(C)C2CC[C@@H]3[C@@H](C)C=O)C1. The van der Waals surface area contributed by atoms with Crippen LogP contribution in [-0.2, 0) is 9.59 Å². The molecule has 140 valence electrons. The second-order valence-electron chi connectivity index (χ2n) is 9.37. The van der Waals surface area contributed by atoms with Crippen LogP contribution in [0, 0.1) is 35.0 Å². The molecule has 0 spiro atoms. The number of unbranched alkanes of at least 4 members (excludes halogenated alkanes) is 1. The van der Waals surface area contributed by atoms with Crippen LogP contribution in [-0.4, -0.2) is 12.1 Å². The minimum atomic E-state index is 0.210. The molecule has 0 aromatic heterocycles. The standard InChI is InChI=1S/C23H36O2/c1-4-5-6-19(25)14-17-7-8-20-18(13-17)11-12-23(3)21(16(2)15-24)9-10-22(20)23/h14-16,18,20-22H,4-13H2,1-3H3/b17-14-/t16-,18?,20?,21+,22?,23+/m0/s1. The maximum absolute atomic E-state index is 12.1. The number of ketones is 1. The van der Waals surface area contributed by atoms with E-state index in [4.69, 9.17) is 0 Å². The zero-order valence-electron chi connectivity index (χ0n) is 16.4. The molecule has 3 rings (SSSR count). The van der Waals surface area contributed by atoms with E-state index in [2.05, 4.69) is 20.8 Å². The summed E-state index contributed by atoms with van der Waals surface area (Å²) in [6.07, 6.45) is 14.7. The maximum atomic E-state index is 12.1. The predicted molar refractivity (Wildman–Crippen MR) is 102 cm³/mol. The van der Waals surface area contributed by atoms with Crippen LogP contribution in [0.25, 0.3) is 0 Å². The summed E-state index contributed by atoms with van der Waals surface area (Å²) in [6, 6.07) is 0. The van der Waals surface area contributed by atoms with Gasteiger partial charge >= 0.3 is 0 Å². The third kappa shape index (κ3) is 3.64. The van der Waals surface area contributed by atoms with E-state index < -0.39 is 0 Å². The molecule has 3 aliphatic rings. The zero-order valence-corrected chi connectivity index (χ0v) is 16.4. The normalized spacial score (nSPS) is 40.4. The Morgan fingerprint density at radius 3 is 2.80 bits per heavy atom. The van der Waals surface area contributed by atoms with Crippen molar-refractivity contribution in [2.45, 2.75) is 85.0 Å². The topological polar surface area (TPSA) is 34.1 Å². The molecule has 0 amide bonds. The Hall–Kier alpha value is -0.920. The summed E-state index contributed by atoms with van der Waals surface area (Å²) in [7, 11) is 0. The highest BCUT2D eigenvalue weighted by molar-refractivity contribution is 5.90. The number of carbonyl (C=O) groups excluding carboxylic acids is 2. The highest BCUT2D eigenvalue weighted by Crippen LogP contribution is 2.63. The van der Waals surface area contributed by atoms with Crippen LogP contribution in [0.3, 0.4) is 0 Å². The number of aldehydes is 1. The van der Waals surface area contributed by atoms with E-state index in [1.54, 1.807) is 0 Å². The summed E-state index contributed by atoms with van der Waals surface area (Å²) in [5, 5.41) is 0. The highest BCUT2D eigenvalue weighted by atomic mass is 16.1. The van der Waals surface area contributed by atoms with E-state index in [1.807, 2.05) is 6.08 Å². The molecule has 0 radical (unpaired) electrons. The molecule has 3 unspecified atom stereocenters. The van der Waals surface area contributed by atoms with Crippen LogP contribution in [0.5, 0.6) is 0 Å². The third-order valence-electron chi connectivity index (χ3n) is 7.97. The van der Waals surface area contributed by atoms with Crippen molar-refractivity contribution < 1.29 is 9.59 Å². The summed E-state index contributed by atoms with van der Waals surface area (Å²) < 4.78 is 0. The molecule has 25 heavy (non-hydrogen) atoms. The molecule has 0 aromatic rings. The van der Waals surface area contributed by atoms with Gasteiger partial charge in [-0.2, -0.15) is 0 Å². The first kappa shape index (κ1) is 18.9. The lowest BCUT2D eigenvalue weighted by atomic mass is 9.53. The van der Waals surface area contributed by atoms with Crippen molar-refractivity contribution >= 4 is 12.1 Å². The Bertz CT molecular complexity index is 534. The van der Waals surface area contributed by atoms with E-state index in [9.17, 15) is 9.59 Å². The van der Waals surface area contributed by atoms with Gasteiger partial charge < -0.3 is 4.79 Å². The van der Waals surface area contributed by atoms with Gasteiger partial charge in [-0.3, -0.25) is 4.79 Å². The van der Waals surface area contributed by atoms with Gasteiger partial charge in [0.2, 0.25) is 0 Å². The van der Waals surface area contributed by atoms with Crippen molar-refractivity contribution in [3.8, 4) is 0 Å². The van der Waals surface area contributed by atoms with Crippen LogP contribution >= 0.6 is 0 Å². The first-order valence-corrected chi connectivity index (χ1v) is 10.7. The lowest BCUT2D eigenvalue weighted by Crippen LogP contribution is -2.44. The molecule has 3 fully saturated rings. The zero-order chi connectivity index (χ0) is 18.0. The molecule has 6 atom stereocenters. The van der Waals surface area contributed by atoms with Crippen molar-refractivity contribution in [3.05, 3.63) is 11.6 Å². The van der Waals surface area contributed by atoms with Crippen molar-refractivity contribution in [2.75, 3.05) is 0 Å². The van der Waals surface area contributed by atoms with E-state index in [0.717, 1.165) is 49.9 Å². The highest BCUT2D eigenvalue weighted by Gasteiger charge is 2.55. The van der Waals surface area contributed by atoms with Crippen LogP contribution in [0.15, 0.2) is 11.6 Å². The van der Waals surface area contributed by atoms with E-state index in [0.29, 0.717) is 17.1 Å². The van der Waals surface area contributed by atoms with Crippen LogP contribution in [0.4, 0.5) is 0 Å². The van der Waals surface area contributed by atoms with Crippen LogP contribution < -0.4 is 0 Å². The number of fused-ring (bicyclic) bond motifs is 3. The minimum absolute atomic E-state index is 0.210. The number of carbonyl (C=O) groups is 2. The average molecular weight is 345 g/mol. The van der Waals surface area contributed by atoms with Gasteiger partial charge in [0.25, 0.3) is 0 Å². The number of rotatable bonds is 6. The summed E-state index contributed by atoms with van der Waals surface area (Å²) in [5.41, 5.74) is 1.79. The molecule has 0 aromatic carbocycles. The fourth-order valence-electron chi connectivity index (χ4n) is 6.63.